The summed E-state index contributed by atoms with van der Waals surface area (Å²) in [4.78, 5) is 23.8. The van der Waals surface area contributed by atoms with Crippen molar-refractivity contribution < 1.29 is 22.9 Å². The van der Waals surface area contributed by atoms with E-state index in [0.717, 1.165) is 15.9 Å². The second-order valence-electron chi connectivity index (χ2n) is 9.08. The number of nitrogens with one attached hydrogen (secondary N) is 1. The maximum absolute atomic E-state index is 13.7. The highest BCUT2D eigenvalue weighted by molar-refractivity contribution is 7.92. The molecule has 3 rings (SSSR count). The number of carbonyl (C=O) groups excluding carboxylic acids is 1. The Kier molecular flexibility index (Phi) is 8.88. The molecule has 1 atom stereocenters. The Morgan fingerprint density at radius 3 is 2.27 bits per heavy atom. The first-order valence-corrected chi connectivity index (χ1v) is 13.2. The van der Waals surface area contributed by atoms with Crippen molar-refractivity contribution in [3.63, 3.8) is 0 Å². The van der Waals surface area contributed by atoms with Gasteiger partial charge in [0.2, 0.25) is 5.91 Å². The van der Waals surface area contributed by atoms with Crippen LogP contribution in [-0.4, -0.2) is 32.9 Å². The third kappa shape index (κ3) is 6.85. The number of hydrogen-bond acceptors (Lipinski definition) is 6. The Bertz CT molecular complexity index is 1340. The molecule has 0 saturated heterocycles. The lowest BCUT2D eigenvalue weighted by atomic mass is 9.97. The van der Waals surface area contributed by atoms with Gasteiger partial charge in [-0.15, -0.1) is 0 Å². The smallest absolute Gasteiger partial charge is 0.273 e. The first kappa shape index (κ1) is 27.7. The summed E-state index contributed by atoms with van der Waals surface area (Å²) in [6.45, 7) is 5.10. The van der Waals surface area contributed by atoms with Gasteiger partial charge in [0.1, 0.15) is 12.3 Å². The van der Waals surface area contributed by atoms with Gasteiger partial charge in [0.25, 0.3) is 15.7 Å². The number of carbonyl (C=O) groups is 1. The molecule has 9 nitrogen and oxygen atoms in total. The van der Waals surface area contributed by atoms with Gasteiger partial charge in [-0.1, -0.05) is 50.2 Å². The number of amides is 1. The van der Waals surface area contributed by atoms with Crippen molar-refractivity contribution in [2.45, 2.75) is 38.1 Å². The highest BCUT2D eigenvalue weighted by Crippen LogP contribution is 2.29. The molecule has 10 heteroatoms. The van der Waals surface area contributed by atoms with Crippen LogP contribution in [0.5, 0.6) is 5.75 Å². The van der Waals surface area contributed by atoms with Crippen LogP contribution < -0.4 is 14.4 Å². The third-order valence-electron chi connectivity index (χ3n) is 5.86. The summed E-state index contributed by atoms with van der Waals surface area (Å²) in [5, 5.41) is 14.4. The molecule has 0 heterocycles. The van der Waals surface area contributed by atoms with E-state index in [2.05, 4.69) is 5.32 Å². The van der Waals surface area contributed by atoms with E-state index in [1.54, 1.807) is 12.1 Å². The second kappa shape index (κ2) is 11.9. The zero-order valence-electron chi connectivity index (χ0n) is 21.2. The standard InChI is InChI=1S/C27H31N3O6S/c1-19(2)16-25(21-8-6-5-7-9-21)28-27(31)18-29(22-11-13-23(36-4)14-12-22)37(34,35)24-15-10-20(3)26(17-24)30(32)33/h5-15,17,19,25H,16,18H2,1-4H3,(H,28,31)/t25-/m1/s1. The van der Waals surface area contributed by atoms with Gasteiger partial charge in [-0.2, -0.15) is 0 Å². The number of nitro groups is 1. The Hall–Kier alpha value is -3.92. The van der Waals surface area contributed by atoms with E-state index in [-0.39, 0.29) is 28.2 Å². The molecule has 0 aliphatic rings. The molecule has 0 saturated carbocycles. The largest absolute Gasteiger partial charge is 0.497 e. The van der Waals surface area contributed by atoms with Crippen LogP contribution in [0.15, 0.2) is 77.7 Å². The summed E-state index contributed by atoms with van der Waals surface area (Å²) in [6, 6.07) is 19.1. The van der Waals surface area contributed by atoms with E-state index in [4.69, 9.17) is 4.74 Å². The Labute approximate surface area is 217 Å². The number of aryl methyl sites for hydroxylation is 1. The third-order valence-corrected chi connectivity index (χ3v) is 7.63. The van der Waals surface area contributed by atoms with Gasteiger partial charge in [-0.3, -0.25) is 19.2 Å². The number of nitro benzene ring substituents is 1. The van der Waals surface area contributed by atoms with E-state index in [9.17, 15) is 23.3 Å². The maximum atomic E-state index is 13.7. The van der Waals surface area contributed by atoms with Crippen molar-refractivity contribution in [3.05, 3.63) is 94.0 Å². The minimum atomic E-state index is -4.34. The molecule has 0 fully saturated rings. The summed E-state index contributed by atoms with van der Waals surface area (Å²) in [5.41, 5.74) is 1.15. The highest BCUT2D eigenvalue weighted by Gasteiger charge is 2.30. The fourth-order valence-corrected chi connectivity index (χ4v) is 5.38. The SMILES string of the molecule is COc1ccc(N(CC(=O)N[C@H](CC(C)C)c2ccccc2)S(=O)(=O)c2ccc(C)c([N+](=O)[O-])c2)cc1. The molecule has 0 aromatic heterocycles. The monoisotopic (exact) mass is 525 g/mol. The summed E-state index contributed by atoms with van der Waals surface area (Å²) in [5.74, 6) is 0.285. The van der Waals surface area contributed by atoms with Crippen molar-refractivity contribution in [2.24, 2.45) is 5.92 Å². The number of methoxy groups -OCH3 is 1. The van der Waals surface area contributed by atoms with E-state index >= 15 is 0 Å². The first-order chi connectivity index (χ1) is 17.5. The fourth-order valence-electron chi connectivity index (χ4n) is 3.94. The molecule has 0 aliphatic carbocycles. The van der Waals surface area contributed by atoms with Crippen LogP contribution in [-0.2, 0) is 14.8 Å². The summed E-state index contributed by atoms with van der Waals surface area (Å²) in [6.07, 6.45) is 0.662. The van der Waals surface area contributed by atoms with Crippen molar-refractivity contribution >= 4 is 27.3 Å². The number of anilines is 1. The zero-order valence-corrected chi connectivity index (χ0v) is 22.1. The van der Waals surface area contributed by atoms with Crippen molar-refractivity contribution in [1.82, 2.24) is 5.32 Å². The van der Waals surface area contributed by atoms with E-state index < -0.39 is 27.4 Å². The number of benzene rings is 3. The lowest BCUT2D eigenvalue weighted by Crippen LogP contribution is -2.42. The van der Waals surface area contributed by atoms with Crippen LogP contribution >= 0.6 is 0 Å². The van der Waals surface area contributed by atoms with Gasteiger partial charge in [-0.25, -0.2) is 8.42 Å². The van der Waals surface area contributed by atoms with Gasteiger partial charge in [0, 0.05) is 11.6 Å². The average molecular weight is 526 g/mol. The van der Waals surface area contributed by atoms with Crippen molar-refractivity contribution in [2.75, 3.05) is 18.0 Å². The van der Waals surface area contributed by atoms with Crippen LogP contribution in [0.2, 0.25) is 0 Å². The molecule has 3 aromatic rings. The maximum Gasteiger partial charge on any atom is 0.273 e. The lowest BCUT2D eigenvalue weighted by molar-refractivity contribution is -0.385. The van der Waals surface area contributed by atoms with Gasteiger partial charge >= 0.3 is 0 Å². The molecule has 0 aliphatic heterocycles. The number of hydrogen-bond donors (Lipinski definition) is 1. The zero-order chi connectivity index (χ0) is 27.2. The number of nitrogens with zero attached hydrogens (tertiary/aromatic N) is 2. The predicted octanol–water partition coefficient (Wildman–Crippen LogP) is 5.01. The van der Waals surface area contributed by atoms with Crippen LogP contribution in [0, 0.1) is 23.0 Å². The summed E-state index contributed by atoms with van der Waals surface area (Å²) < 4.78 is 33.6. The quantitative estimate of drug-likeness (QED) is 0.278. The van der Waals surface area contributed by atoms with Crippen LogP contribution in [0.3, 0.4) is 0 Å². The van der Waals surface area contributed by atoms with Crippen molar-refractivity contribution in [3.8, 4) is 5.75 Å². The number of rotatable bonds is 11. The summed E-state index contributed by atoms with van der Waals surface area (Å²) in [7, 11) is -2.85. The second-order valence-corrected chi connectivity index (χ2v) is 10.9. The molecule has 0 bridgehead atoms. The molecule has 0 radical (unpaired) electrons. The van der Waals surface area contributed by atoms with Gasteiger partial charge in [0.05, 0.1) is 28.7 Å². The number of ether oxygens (including phenoxy) is 1. The molecule has 37 heavy (non-hydrogen) atoms. The first-order valence-electron chi connectivity index (χ1n) is 11.8. The van der Waals surface area contributed by atoms with Crippen molar-refractivity contribution in [1.29, 1.82) is 0 Å². The molecule has 1 amide bonds. The van der Waals surface area contributed by atoms with E-state index in [1.807, 2.05) is 44.2 Å². The molecule has 3 aromatic carbocycles. The molecule has 196 valence electrons. The molecular formula is C27H31N3O6S. The van der Waals surface area contributed by atoms with E-state index in [0.29, 0.717) is 17.7 Å². The molecule has 1 N–H and O–H groups in total. The fraction of sp³-hybridized carbons (Fsp3) is 0.296. The molecular weight excluding hydrogens is 494 g/mol. The van der Waals surface area contributed by atoms with Crippen LogP contribution in [0.25, 0.3) is 0 Å². The summed E-state index contributed by atoms with van der Waals surface area (Å²) >= 11 is 0. The highest BCUT2D eigenvalue weighted by atomic mass is 32.2. The normalized spacial score (nSPS) is 12.1. The average Bonchev–Trinajstić information content (AvgIpc) is 2.87. The Morgan fingerprint density at radius 2 is 1.70 bits per heavy atom. The topological polar surface area (TPSA) is 119 Å². The van der Waals surface area contributed by atoms with E-state index in [1.165, 1.54) is 38.3 Å². The molecule has 0 unspecified atom stereocenters. The Morgan fingerprint density at radius 1 is 1.05 bits per heavy atom. The van der Waals surface area contributed by atoms with Crippen LogP contribution in [0.4, 0.5) is 11.4 Å². The van der Waals surface area contributed by atoms with Gasteiger partial charge in [-0.05, 0) is 55.2 Å². The Balaban J connectivity index is 1.99. The minimum Gasteiger partial charge on any atom is -0.497 e. The minimum absolute atomic E-state index is 0.222. The lowest BCUT2D eigenvalue weighted by Gasteiger charge is -2.26. The van der Waals surface area contributed by atoms with Crippen LogP contribution in [0.1, 0.15) is 37.4 Å². The predicted molar refractivity (Wildman–Crippen MR) is 142 cm³/mol. The van der Waals surface area contributed by atoms with Gasteiger partial charge < -0.3 is 10.1 Å². The van der Waals surface area contributed by atoms with Gasteiger partial charge in [0.15, 0.2) is 0 Å². The number of sulfonamides is 1. The molecule has 0 spiro atoms.